The molecule has 6 rings (SSSR count). The summed E-state index contributed by atoms with van der Waals surface area (Å²) in [6.45, 7) is 0. The summed E-state index contributed by atoms with van der Waals surface area (Å²) in [6, 6.07) is 4.94. The Labute approximate surface area is 163 Å². The monoisotopic (exact) mass is 406 g/mol. The van der Waals surface area contributed by atoms with Crippen LogP contribution >= 0.6 is 11.3 Å². The highest BCUT2D eigenvalue weighted by Gasteiger charge is 2.52. The van der Waals surface area contributed by atoms with E-state index in [4.69, 9.17) is 4.98 Å². The van der Waals surface area contributed by atoms with Crippen molar-refractivity contribution < 1.29 is 12.8 Å². The molecule has 4 saturated carbocycles. The van der Waals surface area contributed by atoms with E-state index in [1.54, 1.807) is 0 Å². The number of hydrogen-bond donors (Lipinski definition) is 0. The third-order valence-electron chi connectivity index (χ3n) is 6.82. The van der Waals surface area contributed by atoms with Gasteiger partial charge in [-0.05, 0) is 80.5 Å². The summed E-state index contributed by atoms with van der Waals surface area (Å²) in [7, 11) is -2.21. The van der Waals surface area contributed by atoms with Crippen molar-refractivity contribution in [2.75, 3.05) is 11.4 Å². The predicted molar refractivity (Wildman–Crippen MR) is 104 cm³/mol. The van der Waals surface area contributed by atoms with E-state index in [9.17, 15) is 12.8 Å². The molecule has 1 aromatic heterocycles. The van der Waals surface area contributed by atoms with Gasteiger partial charge in [0.2, 0.25) is 0 Å². The smallest absolute Gasteiger partial charge is 0.244 e. The normalized spacial score (nSPS) is 32.0. The van der Waals surface area contributed by atoms with Crippen LogP contribution in [-0.4, -0.2) is 20.4 Å². The van der Waals surface area contributed by atoms with E-state index in [2.05, 4.69) is 5.38 Å². The highest BCUT2D eigenvalue weighted by atomic mass is 32.2. The molecule has 2 aromatic rings. The molecule has 0 spiro atoms. The number of halogens is 1. The molecule has 1 aromatic carbocycles. The maximum atomic E-state index is 13.1. The van der Waals surface area contributed by atoms with Crippen LogP contribution in [0.5, 0.6) is 0 Å². The Morgan fingerprint density at radius 2 is 1.63 bits per heavy atom. The Hall–Kier alpha value is -1.47. The molecule has 4 fully saturated rings. The lowest BCUT2D eigenvalue weighted by Crippen LogP contribution is -2.48. The zero-order chi connectivity index (χ0) is 18.8. The van der Waals surface area contributed by atoms with Gasteiger partial charge in [-0.25, -0.2) is 22.1 Å². The minimum absolute atomic E-state index is 0.0814. The van der Waals surface area contributed by atoms with Gasteiger partial charge in [-0.2, -0.15) is 0 Å². The second-order valence-corrected chi connectivity index (χ2v) is 11.4. The van der Waals surface area contributed by atoms with E-state index in [-0.39, 0.29) is 10.3 Å². The minimum atomic E-state index is -3.74. The lowest BCUT2D eigenvalue weighted by atomic mass is 9.49. The third kappa shape index (κ3) is 2.81. The molecule has 4 nitrogen and oxygen atoms in total. The summed E-state index contributed by atoms with van der Waals surface area (Å²) in [5.41, 5.74) is 1.24. The van der Waals surface area contributed by atoms with Gasteiger partial charge < -0.3 is 0 Å². The fourth-order valence-electron chi connectivity index (χ4n) is 5.94. The first-order valence-electron chi connectivity index (χ1n) is 9.56. The molecule has 1 heterocycles. The molecule has 0 saturated heterocycles. The van der Waals surface area contributed by atoms with E-state index >= 15 is 0 Å². The molecule has 0 amide bonds. The molecule has 0 radical (unpaired) electrons. The molecular weight excluding hydrogens is 383 g/mol. The molecule has 4 aliphatic rings. The molecule has 0 unspecified atom stereocenters. The van der Waals surface area contributed by atoms with E-state index in [1.165, 1.54) is 85.5 Å². The van der Waals surface area contributed by atoms with Gasteiger partial charge in [0, 0.05) is 17.8 Å². The predicted octanol–water partition coefficient (Wildman–Crippen LogP) is 4.58. The second kappa shape index (κ2) is 6.01. The summed E-state index contributed by atoms with van der Waals surface area (Å²) in [5, 5.41) is 2.56. The van der Waals surface area contributed by atoms with Gasteiger partial charge in [-0.15, -0.1) is 11.3 Å². The Kier molecular flexibility index (Phi) is 3.92. The van der Waals surface area contributed by atoms with Crippen LogP contribution in [0.15, 0.2) is 34.5 Å². The van der Waals surface area contributed by atoms with Crippen molar-refractivity contribution in [2.45, 2.75) is 48.8 Å². The van der Waals surface area contributed by atoms with Gasteiger partial charge in [0.1, 0.15) is 5.82 Å². The average Bonchev–Trinajstić information content (AvgIpc) is 3.11. The average molecular weight is 407 g/mol. The number of thiazole rings is 1. The van der Waals surface area contributed by atoms with Crippen LogP contribution in [0.4, 0.5) is 9.52 Å². The summed E-state index contributed by atoms with van der Waals surface area (Å²) in [5.74, 6) is 2.01. The summed E-state index contributed by atoms with van der Waals surface area (Å²) >= 11 is 1.39. The molecular formula is C20H23FN2O2S2. The number of nitrogens with zero attached hydrogens (tertiary/aromatic N) is 2. The van der Waals surface area contributed by atoms with Crippen LogP contribution in [0.1, 0.15) is 44.2 Å². The zero-order valence-electron chi connectivity index (χ0n) is 15.3. The fourth-order valence-corrected chi connectivity index (χ4v) is 8.23. The summed E-state index contributed by atoms with van der Waals surface area (Å²) in [6.07, 6.45) is 7.73. The van der Waals surface area contributed by atoms with Crippen molar-refractivity contribution in [3.8, 4) is 0 Å². The third-order valence-corrected chi connectivity index (χ3v) is 9.61. The maximum absolute atomic E-state index is 13.1. The highest BCUT2D eigenvalue weighted by molar-refractivity contribution is 7.93. The Morgan fingerprint density at radius 1 is 1.07 bits per heavy atom. The first kappa shape index (κ1) is 17.6. The first-order valence-corrected chi connectivity index (χ1v) is 11.9. The maximum Gasteiger partial charge on any atom is 0.265 e. The van der Waals surface area contributed by atoms with Crippen molar-refractivity contribution in [3.05, 3.63) is 41.2 Å². The van der Waals surface area contributed by atoms with Crippen molar-refractivity contribution in [1.29, 1.82) is 0 Å². The first-order chi connectivity index (χ1) is 12.9. The lowest BCUT2D eigenvalue weighted by Gasteiger charge is -2.56. The Balaban J connectivity index is 1.44. The van der Waals surface area contributed by atoms with Crippen LogP contribution in [0, 0.1) is 23.6 Å². The largest absolute Gasteiger partial charge is 0.265 e. The molecule has 7 heteroatoms. The van der Waals surface area contributed by atoms with Crippen LogP contribution in [0.25, 0.3) is 0 Å². The number of anilines is 1. The number of sulfonamides is 1. The summed E-state index contributed by atoms with van der Waals surface area (Å²) < 4.78 is 40.1. The molecule has 4 bridgehead atoms. The van der Waals surface area contributed by atoms with Crippen molar-refractivity contribution in [3.63, 3.8) is 0 Å². The van der Waals surface area contributed by atoms with Gasteiger partial charge in [-0.3, -0.25) is 0 Å². The SMILES string of the molecule is CN(c1nc(C23CC4CC(CC(C4)C2)C3)cs1)S(=O)(=O)c1ccc(F)cc1. The lowest BCUT2D eigenvalue weighted by molar-refractivity contribution is -0.00689. The van der Waals surface area contributed by atoms with Gasteiger partial charge in [-0.1, -0.05) is 0 Å². The molecule has 144 valence electrons. The van der Waals surface area contributed by atoms with E-state index in [0.29, 0.717) is 5.13 Å². The van der Waals surface area contributed by atoms with Gasteiger partial charge in [0.25, 0.3) is 10.0 Å². The Bertz CT molecular complexity index is 933. The zero-order valence-corrected chi connectivity index (χ0v) is 16.9. The topological polar surface area (TPSA) is 50.3 Å². The number of benzene rings is 1. The van der Waals surface area contributed by atoms with Crippen LogP contribution in [0.3, 0.4) is 0 Å². The number of hydrogen-bond acceptors (Lipinski definition) is 4. The van der Waals surface area contributed by atoms with Crippen LogP contribution < -0.4 is 4.31 Å². The molecule has 0 N–H and O–H groups in total. The second-order valence-electron chi connectivity index (χ2n) is 8.64. The standard InChI is InChI=1S/C20H23FN2O2S2/c1-23(27(24,25)17-4-2-16(21)3-5-17)19-22-18(12-26-19)20-9-13-6-14(10-20)8-15(7-13)11-20/h2-5,12-15H,6-11H2,1H3. The van der Waals surface area contributed by atoms with Crippen molar-refractivity contribution >= 4 is 26.5 Å². The summed E-state index contributed by atoms with van der Waals surface area (Å²) in [4.78, 5) is 4.88. The van der Waals surface area contributed by atoms with Crippen LogP contribution in [0.2, 0.25) is 0 Å². The fraction of sp³-hybridized carbons (Fsp3) is 0.550. The quantitative estimate of drug-likeness (QED) is 0.747. The molecule has 27 heavy (non-hydrogen) atoms. The van der Waals surface area contributed by atoms with Crippen molar-refractivity contribution in [2.24, 2.45) is 17.8 Å². The van der Waals surface area contributed by atoms with Crippen LogP contribution in [-0.2, 0) is 15.4 Å². The van der Waals surface area contributed by atoms with E-state index in [0.717, 1.165) is 23.4 Å². The minimum Gasteiger partial charge on any atom is -0.244 e. The number of aromatic nitrogens is 1. The van der Waals surface area contributed by atoms with E-state index < -0.39 is 15.8 Å². The van der Waals surface area contributed by atoms with Gasteiger partial charge in [0.05, 0.1) is 10.6 Å². The van der Waals surface area contributed by atoms with Crippen molar-refractivity contribution in [1.82, 2.24) is 4.98 Å². The Morgan fingerprint density at radius 3 is 2.19 bits per heavy atom. The van der Waals surface area contributed by atoms with Gasteiger partial charge in [0.15, 0.2) is 5.13 Å². The van der Waals surface area contributed by atoms with Gasteiger partial charge >= 0.3 is 0 Å². The van der Waals surface area contributed by atoms with E-state index in [1.807, 2.05) is 0 Å². The molecule has 0 atom stereocenters. The molecule has 0 aliphatic heterocycles. The highest BCUT2D eigenvalue weighted by Crippen LogP contribution is 2.60. The molecule has 4 aliphatic carbocycles. The number of rotatable bonds is 4.